The second-order valence-corrected chi connectivity index (χ2v) is 5.00. The van der Waals surface area contributed by atoms with E-state index in [1.54, 1.807) is 14.2 Å². The molecule has 0 radical (unpaired) electrons. The van der Waals surface area contributed by atoms with Crippen LogP contribution in [0.3, 0.4) is 0 Å². The van der Waals surface area contributed by atoms with Crippen LogP contribution in [0.4, 0.5) is 0 Å². The van der Waals surface area contributed by atoms with Crippen molar-refractivity contribution in [3.8, 4) is 0 Å². The molecule has 2 N–H and O–H groups in total. The van der Waals surface area contributed by atoms with Gasteiger partial charge in [0.05, 0.1) is 19.3 Å². The Hall–Kier alpha value is -0.420. The normalized spacial score (nSPS) is 33.9. The standard InChI is InChI=1S/C13H24O4/c1-8(2)10-5-9(6-16-3)11(7-17-4)13(15)12(10)14/h5,8-9,11-15H,6-7H2,1-4H3. The van der Waals surface area contributed by atoms with Gasteiger partial charge in [-0.15, -0.1) is 0 Å². The van der Waals surface area contributed by atoms with Crippen LogP contribution in [-0.4, -0.2) is 49.9 Å². The molecule has 0 aromatic rings. The van der Waals surface area contributed by atoms with Gasteiger partial charge in [-0.2, -0.15) is 0 Å². The summed E-state index contributed by atoms with van der Waals surface area (Å²) in [7, 11) is 3.24. The molecule has 4 heteroatoms. The molecule has 0 bridgehead atoms. The third-order valence-corrected chi connectivity index (χ3v) is 3.45. The molecule has 0 spiro atoms. The van der Waals surface area contributed by atoms with Gasteiger partial charge in [0.15, 0.2) is 0 Å². The summed E-state index contributed by atoms with van der Waals surface area (Å²) in [6.07, 6.45) is 0.468. The maximum Gasteiger partial charge on any atom is 0.102 e. The van der Waals surface area contributed by atoms with Crippen molar-refractivity contribution >= 4 is 0 Å². The van der Waals surface area contributed by atoms with Crippen molar-refractivity contribution in [3.05, 3.63) is 11.6 Å². The van der Waals surface area contributed by atoms with Crippen molar-refractivity contribution in [2.75, 3.05) is 27.4 Å². The minimum atomic E-state index is -0.789. The van der Waals surface area contributed by atoms with Crippen LogP contribution in [0, 0.1) is 17.8 Å². The summed E-state index contributed by atoms with van der Waals surface area (Å²) in [6, 6.07) is 0. The van der Waals surface area contributed by atoms with Gasteiger partial charge in [-0.3, -0.25) is 0 Å². The number of methoxy groups -OCH3 is 2. The Morgan fingerprint density at radius 3 is 2.24 bits per heavy atom. The van der Waals surface area contributed by atoms with E-state index in [0.29, 0.717) is 13.2 Å². The van der Waals surface area contributed by atoms with E-state index in [1.165, 1.54) is 0 Å². The van der Waals surface area contributed by atoms with Crippen LogP contribution < -0.4 is 0 Å². The Balaban J connectivity index is 2.94. The molecule has 0 saturated heterocycles. The predicted molar refractivity (Wildman–Crippen MR) is 65.7 cm³/mol. The quantitative estimate of drug-likeness (QED) is 0.703. The summed E-state index contributed by atoms with van der Waals surface area (Å²) in [5, 5.41) is 20.2. The Kier molecular flexibility index (Phi) is 5.59. The third kappa shape index (κ3) is 3.28. The molecule has 0 aromatic carbocycles. The molecule has 0 aliphatic heterocycles. The van der Waals surface area contributed by atoms with Crippen molar-refractivity contribution in [1.82, 2.24) is 0 Å². The highest BCUT2D eigenvalue weighted by Crippen LogP contribution is 2.33. The van der Waals surface area contributed by atoms with Crippen LogP contribution in [0.25, 0.3) is 0 Å². The number of rotatable bonds is 5. The van der Waals surface area contributed by atoms with Gasteiger partial charge in [0, 0.05) is 26.1 Å². The average molecular weight is 244 g/mol. The van der Waals surface area contributed by atoms with Crippen molar-refractivity contribution < 1.29 is 19.7 Å². The summed E-state index contributed by atoms with van der Waals surface area (Å²) in [6.45, 7) is 4.99. The molecule has 0 saturated carbocycles. The van der Waals surface area contributed by atoms with E-state index in [2.05, 4.69) is 0 Å². The monoisotopic (exact) mass is 244 g/mol. The van der Waals surface area contributed by atoms with Crippen LogP contribution in [0.15, 0.2) is 11.6 Å². The van der Waals surface area contributed by atoms with Crippen molar-refractivity contribution in [2.24, 2.45) is 17.8 Å². The molecular weight excluding hydrogens is 220 g/mol. The van der Waals surface area contributed by atoms with E-state index in [0.717, 1.165) is 5.57 Å². The first-order valence-corrected chi connectivity index (χ1v) is 6.08. The molecule has 0 amide bonds. The number of hydrogen-bond donors (Lipinski definition) is 2. The van der Waals surface area contributed by atoms with Gasteiger partial charge < -0.3 is 19.7 Å². The molecule has 100 valence electrons. The fourth-order valence-electron chi connectivity index (χ4n) is 2.47. The summed E-state index contributed by atoms with van der Waals surface area (Å²) >= 11 is 0. The van der Waals surface area contributed by atoms with Crippen molar-refractivity contribution in [1.29, 1.82) is 0 Å². The summed E-state index contributed by atoms with van der Waals surface area (Å²) in [4.78, 5) is 0. The van der Waals surface area contributed by atoms with Gasteiger partial charge in [-0.25, -0.2) is 0 Å². The van der Waals surface area contributed by atoms with E-state index >= 15 is 0 Å². The maximum atomic E-state index is 10.2. The molecule has 0 fully saturated rings. The van der Waals surface area contributed by atoms with E-state index in [1.807, 2.05) is 19.9 Å². The maximum absolute atomic E-state index is 10.2. The van der Waals surface area contributed by atoms with Gasteiger partial charge in [-0.1, -0.05) is 19.9 Å². The van der Waals surface area contributed by atoms with E-state index in [-0.39, 0.29) is 17.8 Å². The second kappa shape index (κ2) is 6.50. The zero-order valence-corrected chi connectivity index (χ0v) is 11.1. The molecule has 0 heterocycles. The number of ether oxygens (including phenoxy) is 2. The van der Waals surface area contributed by atoms with Gasteiger partial charge in [0.25, 0.3) is 0 Å². The van der Waals surface area contributed by atoms with E-state index in [9.17, 15) is 10.2 Å². The lowest BCUT2D eigenvalue weighted by Gasteiger charge is -2.38. The number of hydrogen-bond acceptors (Lipinski definition) is 4. The van der Waals surface area contributed by atoms with Crippen molar-refractivity contribution in [2.45, 2.75) is 26.1 Å². The fraction of sp³-hybridized carbons (Fsp3) is 0.846. The minimum Gasteiger partial charge on any atom is -0.390 e. The number of aliphatic hydroxyl groups is 2. The van der Waals surface area contributed by atoms with E-state index < -0.39 is 12.2 Å². The molecule has 17 heavy (non-hydrogen) atoms. The molecule has 1 rings (SSSR count). The Morgan fingerprint density at radius 1 is 1.18 bits per heavy atom. The van der Waals surface area contributed by atoms with Crippen molar-refractivity contribution in [3.63, 3.8) is 0 Å². The Labute approximate surface area is 103 Å². The highest BCUT2D eigenvalue weighted by Gasteiger charge is 2.38. The van der Waals surface area contributed by atoms with Crippen LogP contribution in [0.1, 0.15) is 13.8 Å². The molecule has 1 aliphatic carbocycles. The highest BCUT2D eigenvalue weighted by molar-refractivity contribution is 5.20. The first-order valence-electron chi connectivity index (χ1n) is 6.08. The predicted octanol–water partition coefficient (Wildman–Crippen LogP) is 0.829. The summed E-state index contributed by atoms with van der Waals surface area (Å²) in [5.74, 6) is 0.204. The molecule has 0 aromatic heterocycles. The zero-order valence-electron chi connectivity index (χ0n) is 11.1. The zero-order chi connectivity index (χ0) is 13.0. The van der Waals surface area contributed by atoms with Gasteiger partial charge >= 0.3 is 0 Å². The summed E-state index contributed by atoms with van der Waals surface area (Å²) < 4.78 is 10.3. The van der Waals surface area contributed by atoms with E-state index in [4.69, 9.17) is 9.47 Å². The largest absolute Gasteiger partial charge is 0.390 e. The lowest BCUT2D eigenvalue weighted by molar-refractivity contribution is -0.0586. The third-order valence-electron chi connectivity index (χ3n) is 3.45. The molecular formula is C13H24O4. The first-order chi connectivity index (χ1) is 8.02. The molecule has 4 unspecified atom stereocenters. The van der Waals surface area contributed by atoms with Gasteiger partial charge in [-0.05, 0) is 11.5 Å². The lowest BCUT2D eigenvalue weighted by atomic mass is 9.75. The lowest BCUT2D eigenvalue weighted by Crippen LogP contribution is -2.46. The van der Waals surface area contributed by atoms with Crippen LogP contribution >= 0.6 is 0 Å². The molecule has 1 aliphatic rings. The van der Waals surface area contributed by atoms with Crippen LogP contribution in [0.5, 0.6) is 0 Å². The van der Waals surface area contributed by atoms with Gasteiger partial charge in [0.2, 0.25) is 0 Å². The first kappa shape index (κ1) is 14.6. The molecule has 4 atom stereocenters. The molecule has 4 nitrogen and oxygen atoms in total. The number of aliphatic hydroxyl groups excluding tert-OH is 2. The Bertz CT molecular complexity index is 262. The second-order valence-electron chi connectivity index (χ2n) is 5.00. The highest BCUT2D eigenvalue weighted by atomic mass is 16.5. The Morgan fingerprint density at radius 2 is 1.76 bits per heavy atom. The SMILES string of the molecule is COCC1C=C(C(C)C)C(O)C(O)C1COC. The minimum absolute atomic E-state index is 0.0933. The topological polar surface area (TPSA) is 58.9 Å². The van der Waals surface area contributed by atoms with Crippen LogP contribution in [-0.2, 0) is 9.47 Å². The smallest absolute Gasteiger partial charge is 0.102 e. The fourth-order valence-corrected chi connectivity index (χ4v) is 2.47. The average Bonchev–Trinajstić information content (AvgIpc) is 2.28. The summed E-state index contributed by atoms with van der Waals surface area (Å²) in [5.41, 5.74) is 0.895. The van der Waals surface area contributed by atoms with Gasteiger partial charge in [0.1, 0.15) is 6.10 Å². The van der Waals surface area contributed by atoms with Crippen LogP contribution in [0.2, 0.25) is 0 Å².